The van der Waals surface area contributed by atoms with E-state index in [4.69, 9.17) is 9.47 Å². The number of anilines is 1. The number of hydrogen-bond acceptors (Lipinski definition) is 7. The van der Waals surface area contributed by atoms with E-state index in [1.165, 1.54) is 25.6 Å². The Morgan fingerprint density at radius 1 is 0.902 bits per heavy atom. The molecule has 0 radical (unpaired) electrons. The molecule has 1 spiro atoms. The van der Waals surface area contributed by atoms with Crippen LogP contribution in [0.1, 0.15) is 42.8 Å². The topological polar surface area (TPSA) is 84.9 Å². The molecule has 3 aliphatic heterocycles. The number of nitrogens with one attached hydrogen (secondary N) is 1. The van der Waals surface area contributed by atoms with E-state index in [9.17, 15) is 14.4 Å². The van der Waals surface area contributed by atoms with E-state index in [1.807, 2.05) is 77.2 Å². The van der Waals surface area contributed by atoms with Crippen LogP contribution in [0.4, 0.5) is 5.69 Å². The van der Waals surface area contributed by atoms with Gasteiger partial charge >= 0.3 is 0 Å². The van der Waals surface area contributed by atoms with Crippen LogP contribution >= 0.6 is 11.3 Å². The summed E-state index contributed by atoms with van der Waals surface area (Å²) in [5.41, 5.74) is 2.25. The number of fused-ring (bicyclic) bond motifs is 6. The molecule has 1 fully saturated rings. The van der Waals surface area contributed by atoms with E-state index in [-0.39, 0.29) is 17.5 Å². The fourth-order valence-corrected chi connectivity index (χ4v) is 7.60. The molecule has 1 aromatic heterocycles. The van der Waals surface area contributed by atoms with Crippen molar-refractivity contribution < 1.29 is 23.9 Å². The van der Waals surface area contributed by atoms with Gasteiger partial charge in [0.1, 0.15) is 11.5 Å². The Labute approximate surface area is 241 Å². The largest absolute Gasteiger partial charge is 0.493 e. The molecule has 7 rings (SSSR count). The molecule has 0 bridgehead atoms. The first kappa shape index (κ1) is 25.3. The van der Waals surface area contributed by atoms with Gasteiger partial charge in [0, 0.05) is 17.5 Å². The molecule has 4 atom stereocenters. The van der Waals surface area contributed by atoms with Gasteiger partial charge < -0.3 is 19.7 Å². The normalized spacial score (nSPS) is 23.5. The van der Waals surface area contributed by atoms with Crippen LogP contribution in [-0.2, 0) is 10.2 Å². The van der Waals surface area contributed by atoms with E-state index in [1.54, 1.807) is 24.3 Å². The SMILES string of the molecule is COc1ccc(C(=O)[C@@H]2[C@@H](C(=O)c3cccs3)[C@]3(C(=O)Nc4ccccc43)[C@H]3c4ccccc4C=CN23)cc1OC. The molecule has 204 valence electrons. The fraction of sp³-hybridized carbons (Fsp3) is 0.182. The lowest BCUT2D eigenvalue weighted by atomic mass is 9.63. The molecule has 3 aliphatic rings. The highest BCUT2D eigenvalue weighted by molar-refractivity contribution is 7.12. The van der Waals surface area contributed by atoms with Crippen LogP contribution in [0, 0.1) is 5.92 Å². The maximum absolute atomic E-state index is 14.7. The molecule has 1 N–H and O–H groups in total. The molecular weight excluding hydrogens is 536 g/mol. The fourth-order valence-electron chi connectivity index (χ4n) is 6.90. The summed E-state index contributed by atoms with van der Waals surface area (Å²) in [5, 5.41) is 4.91. The first-order valence-corrected chi connectivity index (χ1v) is 14.2. The van der Waals surface area contributed by atoms with Crippen LogP contribution in [0.25, 0.3) is 6.08 Å². The Hall–Kier alpha value is -4.69. The molecule has 0 aliphatic carbocycles. The lowest BCUT2D eigenvalue weighted by Gasteiger charge is -2.38. The minimum absolute atomic E-state index is 0.231. The Bertz CT molecular complexity index is 1750. The maximum atomic E-state index is 14.7. The van der Waals surface area contributed by atoms with Gasteiger partial charge in [-0.15, -0.1) is 11.3 Å². The summed E-state index contributed by atoms with van der Waals surface area (Å²) in [6.45, 7) is 0. The predicted molar refractivity (Wildman–Crippen MR) is 157 cm³/mol. The van der Waals surface area contributed by atoms with Crippen molar-refractivity contribution in [2.45, 2.75) is 17.5 Å². The molecular formula is C33H26N2O5S. The Morgan fingerprint density at radius 3 is 2.46 bits per heavy atom. The second kappa shape index (κ2) is 9.45. The number of benzene rings is 3. The smallest absolute Gasteiger partial charge is 0.238 e. The second-order valence-electron chi connectivity index (χ2n) is 10.4. The van der Waals surface area contributed by atoms with Crippen LogP contribution in [0.3, 0.4) is 0 Å². The first-order chi connectivity index (χ1) is 20.0. The lowest BCUT2D eigenvalue weighted by molar-refractivity contribution is -0.122. The zero-order chi connectivity index (χ0) is 28.3. The average molecular weight is 563 g/mol. The summed E-state index contributed by atoms with van der Waals surface area (Å²) in [7, 11) is 3.05. The summed E-state index contributed by atoms with van der Waals surface area (Å²) in [6.07, 6.45) is 3.82. The molecule has 0 saturated carbocycles. The number of ketones is 2. The number of methoxy groups -OCH3 is 2. The molecule has 8 heteroatoms. The summed E-state index contributed by atoms with van der Waals surface area (Å²) in [5.74, 6) is -0.892. The van der Waals surface area contributed by atoms with Gasteiger partial charge in [-0.1, -0.05) is 48.5 Å². The first-order valence-electron chi connectivity index (χ1n) is 13.3. The summed E-state index contributed by atoms with van der Waals surface area (Å²) >= 11 is 1.32. The van der Waals surface area contributed by atoms with Crippen molar-refractivity contribution in [1.29, 1.82) is 0 Å². The van der Waals surface area contributed by atoms with Crippen LogP contribution in [0.15, 0.2) is 90.4 Å². The number of hydrogen-bond donors (Lipinski definition) is 1. The number of rotatable bonds is 6. The molecule has 7 nitrogen and oxygen atoms in total. The van der Waals surface area contributed by atoms with Gasteiger partial charge in [-0.3, -0.25) is 14.4 Å². The predicted octanol–water partition coefficient (Wildman–Crippen LogP) is 5.75. The number of carbonyl (C=O) groups is 3. The minimum atomic E-state index is -1.35. The standard InChI is InChI=1S/C33H26N2O5S/c1-39-24-14-13-20(18-25(24)40-2)29(36)28-27(30(37)26-12-7-17-41-26)33(22-10-5-6-11-23(22)34-32(33)38)31-21-9-4-3-8-19(21)15-16-35(28)31/h3-18,27-28,31H,1-2H3,(H,34,38)/t27-,28-,31+,33-/m0/s1. The third kappa shape index (κ3) is 3.47. The Kier molecular flexibility index (Phi) is 5.83. The van der Waals surface area contributed by atoms with E-state index in [0.29, 0.717) is 27.6 Å². The van der Waals surface area contributed by atoms with Gasteiger partial charge in [-0.2, -0.15) is 0 Å². The molecule has 0 unspecified atom stereocenters. The summed E-state index contributed by atoms with van der Waals surface area (Å²) < 4.78 is 10.9. The number of para-hydroxylation sites is 1. The third-order valence-corrected chi connectivity index (χ3v) is 9.44. The zero-order valence-electron chi connectivity index (χ0n) is 22.4. The monoisotopic (exact) mass is 562 g/mol. The number of ether oxygens (including phenoxy) is 2. The van der Waals surface area contributed by atoms with Gasteiger partial charge in [-0.05, 0) is 58.5 Å². The van der Waals surface area contributed by atoms with Crippen molar-refractivity contribution in [1.82, 2.24) is 4.90 Å². The average Bonchev–Trinajstić information content (AvgIpc) is 3.73. The molecule has 3 aromatic carbocycles. The van der Waals surface area contributed by atoms with Crippen molar-refractivity contribution in [2.24, 2.45) is 5.92 Å². The quantitative estimate of drug-likeness (QED) is 0.302. The highest BCUT2D eigenvalue weighted by atomic mass is 32.1. The van der Waals surface area contributed by atoms with Gasteiger partial charge in [-0.25, -0.2) is 0 Å². The highest BCUT2D eigenvalue weighted by Crippen LogP contribution is 2.62. The summed E-state index contributed by atoms with van der Waals surface area (Å²) in [6, 6.07) is 22.4. The lowest BCUT2D eigenvalue weighted by Crippen LogP contribution is -2.49. The minimum Gasteiger partial charge on any atom is -0.493 e. The zero-order valence-corrected chi connectivity index (χ0v) is 23.2. The van der Waals surface area contributed by atoms with Crippen LogP contribution in [0.5, 0.6) is 11.5 Å². The van der Waals surface area contributed by atoms with Crippen molar-refractivity contribution in [3.8, 4) is 11.5 Å². The van der Waals surface area contributed by atoms with Crippen LogP contribution < -0.4 is 14.8 Å². The van der Waals surface area contributed by atoms with Crippen LogP contribution in [-0.4, -0.2) is 42.6 Å². The Morgan fingerprint density at radius 2 is 1.68 bits per heavy atom. The molecule has 1 amide bonds. The molecule has 41 heavy (non-hydrogen) atoms. The molecule has 4 heterocycles. The van der Waals surface area contributed by atoms with Crippen molar-refractivity contribution in [2.75, 3.05) is 19.5 Å². The van der Waals surface area contributed by atoms with Gasteiger partial charge in [0.2, 0.25) is 5.91 Å². The van der Waals surface area contributed by atoms with E-state index in [0.717, 1.165) is 16.7 Å². The van der Waals surface area contributed by atoms with Gasteiger partial charge in [0.25, 0.3) is 0 Å². The third-order valence-electron chi connectivity index (χ3n) is 8.55. The van der Waals surface area contributed by atoms with E-state index in [2.05, 4.69) is 5.32 Å². The number of carbonyl (C=O) groups excluding carboxylic acids is 3. The maximum Gasteiger partial charge on any atom is 0.238 e. The second-order valence-corrected chi connectivity index (χ2v) is 11.3. The summed E-state index contributed by atoms with van der Waals surface area (Å²) in [4.78, 5) is 46.2. The van der Waals surface area contributed by atoms with Gasteiger partial charge in [0.05, 0.1) is 31.1 Å². The van der Waals surface area contributed by atoms with E-state index >= 15 is 0 Å². The number of Topliss-reactive ketones (excluding diaryl/α,β-unsaturated/α-hetero) is 2. The highest BCUT2D eigenvalue weighted by Gasteiger charge is 2.70. The van der Waals surface area contributed by atoms with E-state index < -0.39 is 23.4 Å². The van der Waals surface area contributed by atoms with Gasteiger partial charge in [0.15, 0.2) is 23.1 Å². The Balaban J connectivity index is 1.51. The number of thiophene rings is 1. The van der Waals surface area contributed by atoms with Crippen molar-refractivity contribution >= 4 is 40.6 Å². The van der Waals surface area contributed by atoms with Crippen molar-refractivity contribution in [3.63, 3.8) is 0 Å². The van der Waals surface area contributed by atoms with Crippen LogP contribution in [0.2, 0.25) is 0 Å². The number of amides is 1. The number of nitrogens with zero attached hydrogens (tertiary/aromatic N) is 1. The van der Waals surface area contributed by atoms with Crippen molar-refractivity contribution in [3.05, 3.63) is 118 Å². The molecule has 4 aromatic rings. The molecule has 1 saturated heterocycles.